The maximum Gasteiger partial charge on any atom is 0.205 e. The number of nitrogens with two attached hydrogens (primary N) is 1. The number of hydrogen-bond acceptors (Lipinski definition) is 3. The summed E-state index contributed by atoms with van der Waals surface area (Å²) >= 11 is 0. The SMILES string of the molecule is CC1CCC(CN)(C(=O)c2cc3ccccc3o2)CC1. The Labute approximate surface area is 119 Å². The molecule has 1 fully saturated rings. The summed E-state index contributed by atoms with van der Waals surface area (Å²) in [5.74, 6) is 1.24. The number of carbonyl (C=O) groups excluding carboxylic acids is 1. The molecule has 20 heavy (non-hydrogen) atoms. The van der Waals surface area contributed by atoms with Gasteiger partial charge in [-0.2, -0.15) is 0 Å². The molecule has 3 heteroatoms. The largest absolute Gasteiger partial charge is 0.453 e. The number of benzene rings is 1. The van der Waals surface area contributed by atoms with Gasteiger partial charge >= 0.3 is 0 Å². The minimum absolute atomic E-state index is 0.0862. The van der Waals surface area contributed by atoms with Crippen LogP contribution in [0.1, 0.15) is 43.2 Å². The maximum atomic E-state index is 12.9. The van der Waals surface area contributed by atoms with Gasteiger partial charge in [-0.25, -0.2) is 0 Å². The van der Waals surface area contributed by atoms with Gasteiger partial charge < -0.3 is 10.2 Å². The molecule has 1 saturated carbocycles. The molecule has 0 amide bonds. The van der Waals surface area contributed by atoms with Gasteiger partial charge in [-0.15, -0.1) is 0 Å². The first kappa shape index (κ1) is 13.4. The molecule has 0 bridgehead atoms. The Kier molecular flexibility index (Phi) is 3.38. The third kappa shape index (κ3) is 2.16. The van der Waals surface area contributed by atoms with E-state index in [9.17, 15) is 4.79 Å². The zero-order chi connectivity index (χ0) is 14.2. The summed E-state index contributed by atoms with van der Waals surface area (Å²) < 4.78 is 5.73. The molecular formula is C17H21NO2. The second-order valence-electron chi connectivity index (χ2n) is 6.14. The molecule has 2 aromatic rings. The first-order valence-corrected chi connectivity index (χ1v) is 7.38. The molecule has 1 aromatic carbocycles. The summed E-state index contributed by atoms with van der Waals surface area (Å²) in [4.78, 5) is 12.9. The van der Waals surface area contributed by atoms with Crippen molar-refractivity contribution in [1.82, 2.24) is 0 Å². The van der Waals surface area contributed by atoms with Gasteiger partial charge in [-0.05, 0) is 43.7 Å². The van der Waals surface area contributed by atoms with Crippen LogP contribution in [0.15, 0.2) is 34.7 Å². The van der Waals surface area contributed by atoms with Crippen LogP contribution >= 0.6 is 0 Å². The van der Waals surface area contributed by atoms with Crippen LogP contribution < -0.4 is 5.73 Å². The summed E-state index contributed by atoms with van der Waals surface area (Å²) in [7, 11) is 0. The second-order valence-corrected chi connectivity index (χ2v) is 6.14. The van der Waals surface area contributed by atoms with Gasteiger partial charge in [0.05, 0.1) is 0 Å². The molecule has 106 valence electrons. The van der Waals surface area contributed by atoms with E-state index in [1.165, 1.54) is 0 Å². The Morgan fingerprint density at radius 3 is 2.70 bits per heavy atom. The molecule has 2 N–H and O–H groups in total. The number of fused-ring (bicyclic) bond motifs is 1. The third-order valence-corrected chi connectivity index (χ3v) is 4.75. The Hall–Kier alpha value is -1.61. The lowest BCUT2D eigenvalue weighted by molar-refractivity contribution is 0.0667. The summed E-state index contributed by atoms with van der Waals surface area (Å²) in [5, 5.41) is 0.979. The molecule has 0 spiro atoms. The minimum atomic E-state index is -0.416. The number of para-hydroxylation sites is 1. The van der Waals surface area contributed by atoms with Crippen LogP contribution in [0, 0.1) is 11.3 Å². The van der Waals surface area contributed by atoms with Gasteiger partial charge in [0, 0.05) is 17.3 Å². The van der Waals surface area contributed by atoms with Crippen LogP contribution in [-0.2, 0) is 0 Å². The molecule has 1 aliphatic rings. The fourth-order valence-corrected chi connectivity index (χ4v) is 3.19. The lowest BCUT2D eigenvalue weighted by Crippen LogP contribution is -2.41. The van der Waals surface area contributed by atoms with Crippen LogP contribution in [0.3, 0.4) is 0 Å². The fraction of sp³-hybridized carbons (Fsp3) is 0.471. The summed E-state index contributed by atoms with van der Waals surface area (Å²) in [6, 6.07) is 9.58. The van der Waals surface area contributed by atoms with Gasteiger partial charge in [0.1, 0.15) is 5.58 Å². The van der Waals surface area contributed by atoms with Gasteiger partial charge in [0.25, 0.3) is 0 Å². The number of furan rings is 1. The Balaban J connectivity index is 1.93. The van der Waals surface area contributed by atoms with Crippen molar-refractivity contribution in [2.75, 3.05) is 6.54 Å². The van der Waals surface area contributed by atoms with E-state index in [2.05, 4.69) is 6.92 Å². The van der Waals surface area contributed by atoms with Gasteiger partial charge in [-0.1, -0.05) is 25.1 Å². The average molecular weight is 271 g/mol. The van der Waals surface area contributed by atoms with E-state index in [1.807, 2.05) is 30.3 Å². The predicted octanol–water partition coefficient (Wildman–Crippen LogP) is 3.77. The smallest absolute Gasteiger partial charge is 0.205 e. The first-order valence-electron chi connectivity index (χ1n) is 7.38. The number of carbonyl (C=O) groups is 1. The highest BCUT2D eigenvalue weighted by molar-refractivity contribution is 6.01. The van der Waals surface area contributed by atoms with Gasteiger partial charge in [0.15, 0.2) is 5.76 Å². The first-order chi connectivity index (χ1) is 9.64. The molecule has 0 saturated heterocycles. The topological polar surface area (TPSA) is 56.2 Å². The molecule has 0 aliphatic heterocycles. The van der Waals surface area contributed by atoms with Crippen LogP contribution in [-0.4, -0.2) is 12.3 Å². The van der Waals surface area contributed by atoms with E-state index in [4.69, 9.17) is 10.2 Å². The quantitative estimate of drug-likeness (QED) is 0.864. The number of ketones is 1. The molecule has 0 atom stereocenters. The fourth-order valence-electron chi connectivity index (χ4n) is 3.19. The molecular weight excluding hydrogens is 250 g/mol. The lowest BCUT2D eigenvalue weighted by atomic mass is 9.68. The number of rotatable bonds is 3. The van der Waals surface area contributed by atoms with Crippen molar-refractivity contribution in [3.8, 4) is 0 Å². The van der Waals surface area contributed by atoms with Gasteiger partial charge in [0.2, 0.25) is 5.78 Å². The van der Waals surface area contributed by atoms with Crippen LogP contribution in [0.5, 0.6) is 0 Å². The Morgan fingerprint density at radius 1 is 1.35 bits per heavy atom. The zero-order valence-electron chi connectivity index (χ0n) is 11.9. The molecule has 3 rings (SSSR count). The summed E-state index contributed by atoms with van der Waals surface area (Å²) in [6.07, 6.45) is 3.90. The third-order valence-electron chi connectivity index (χ3n) is 4.75. The van der Waals surface area contributed by atoms with Crippen molar-refractivity contribution >= 4 is 16.8 Å². The van der Waals surface area contributed by atoms with E-state index < -0.39 is 5.41 Å². The Bertz CT molecular complexity index is 588. The van der Waals surface area contributed by atoms with E-state index in [-0.39, 0.29) is 5.78 Å². The van der Waals surface area contributed by atoms with Crippen molar-refractivity contribution in [3.05, 3.63) is 36.1 Å². The molecule has 1 aromatic heterocycles. The molecule has 0 radical (unpaired) electrons. The molecule has 0 unspecified atom stereocenters. The highest BCUT2D eigenvalue weighted by Gasteiger charge is 2.41. The maximum absolute atomic E-state index is 12.9. The second kappa shape index (κ2) is 5.06. The Morgan fingerprint density at radius 2 is 2.05 bits per heavy atom. The van der Waals surface area contributed by atoms with Crippen molar-refractivity contribution in [2.45, 2.75) is 32.6 Å². The molecule has 1 heterocycles. The molecule has 1 aliphatic carbocycles. The zero-order valence-corrected chi connectivity index (χ0v) is 11.9. The highest BCUT2D eigenvalue weighted by Crippen LogP contribution is 2.41. The van der Waals surface area contributed by atoms with E-state index >= 15 is 0 Å². The number of Topliss-reactive ketones (excluding diaryl/α,β-unsaturated/α-hetero) is 1. The van der Waals surface area contributed by atoms with Crippen molar-refractivity contribution in [1.29, 1.82) is 0 Å². The minimum Gasteiger partial charge on any atom is -0.453 e. The van der Waals surface area contributed by atoms with Crippen LogP contribution in [0.4, 0.5) is 0 Å². The van der Waals surface area contributed by atoms with Crippen LogP contribution in [0.25, 0.3) is 11.0 Å². The highest BCUT2D eigenvalue weighted by atomic mass is 16.3. The van der Waals surface area contributed by atoms with E-state index in [0.717, 1.165) is 36.7 Å². The lowest BCUT2D eigenvalue weighted by Gasteiger charge is -2.36. The van der Waals surface area contributed by atoms with E-state index in [0.29, 0.717) is 18.2 Å². The number of hydrogen-bond donors (Lipinski definition) is 1. The van der Waals surface area contributed by atoms with Crippen molar-refractivity contribution in [3.63, 3.8) is 0 Å². The van der Waals surface area contributed by atoms with Crippen LogP contribution in [0.2, 0.25) is 0 Å². The average Bonchev–Trinajstić information content (AvgIpc) is 2.91. The standard InChI is InChI=1S/C17H21NO2/c1-12-6-8-17(11-18,9-7-12)16(19)15-10-13-4-2-3-5-14(13)20-15/h2-5,10,12H,6-9,11,18H2,1H3. The van der Waals surface area contributed by atoms with Crippen molar-refractivity contribution < 1.29 is 9.21 Å². The van der Waals surface area contributed by atoms with Crippen molar-refractivity contribution in [2.24, 2.45) is 17.1 Å². The summed E-state index contributed by atoms with van der Waals surface area (Å²) in [6.45, 7) is 2.65. The van der Waals surface area contributed by atoms with Gasteiger partial charge in [-0.3, -0.25) is 4.79 Å². The monoisotopic (exact) mass is 271 g/mol. The predicted molar refractivity (Wildman–Crippen MR) is 79.7 cm³/mol. The van der Waals surface area contributed by atoms with E-state index in [1.54, 1.807) is 0 Å². The normalized spacial score (nSPS) is 26.8. The summed E-state index contributed by atoms with van der Waals surface area (Å²) in [5.41, 5.74) is 6.31. The molecule has 3 nitrogen and oxygen atoms in total.